The molecule has 0 radical (unpaired) electrons. The highest BCUT2D eigenvalue weighted by molar-refractivity contribution is 7.78. The molecule has 58 valence electrons. The molecule has 0 amide bonds. The van der Waals surface area contributed by atoms with Crippen molar-refractivity contribution in [1.29, 1.82) is 0 Å². The number of aromatic nitrogens is 3. The first kappa shape index (κ1) is 8.04. The zero-order valence-corrected chi connectivity index (χ0v) is 6.79. The molecule has 5 heteroatoms. The first-order chi connectivity index (χ1) is 5.43. The second-order valence-corrected chi connectivity index (χ2v) is 2.18. The van der Waals surface area contributed by atoms with E-state index in [1.54, 1.807) is 10.9 Å². The molecule has 0 N–H and O–H groups in total. The molecule has 11 heavy (non-hydrogen) atoms. The van der Waals surface area contributed by atoms with E-state index in [9.17, 15) is 0 Å². The minimum Gasteiger partial charge on any atom is -0.253 e. The van der Waals surface area contributed by atoms with Gasteiger partial charge in [0.1, 0.15) is 0 Å². The van der Waals surface area contributed by atoms with Crippen molar-refractivity contribution in [2.24, 2.45) is 4.99 Å². The van der Waals surface area contributed by atoms with Crippen molar-refractivity contribution in [1.82, 2.24) is 15.0 Å². The summed E-state index contributed by atoms with van der Waals surface area (Å²) in [5.74, 6) is 0. The van der Waals surface area contributed by atoms with Crippen LogP contribution in [-0.4, -0.2) is 26.7 Å². The molecule has 4 nitrogen and oxygen atoms in total. The van der Waals surface area contributed by atoms with Crippen molar-refractivity contribution < 1.29 is 0 Å². The SMILES string of the molecule is S=C=NCCCn1ccnn1. The van der Waals surface area contributed by atoms with E-state index in [0.717, 1.165) is 13.0 Å². The van der Waals surface area contributed by atoms with Crippen molar-refractivity contribution in [3.8, 4) is 0 Å². The summed E-state index contributed by atoms with van der Waals surface area (Å²) < 4.78 is 1.76. The maximum Gasteiger partial charge on any atom is 0.0692 e. The zero-order valence-electron chi connectivity index (χ0n) is 5.97. The van der Waals surface area contributed by atoms with Crippen molar-refractivity contribution in [2.75, 3.05) is 6.54 Å². The first-order valence-corrected chi connectivity index (χ1v) is 3.72. The van der Waals surface area contributed by atoms with Crippen molar-refractivity contribution in [2.45, 2.75) is 13.0 Å². The molecular weight excluding hydrogens is 160 g/mol. The summed E-state index contributed by atoms with van der Waals surface area (Å²) in [6.45, 7) is 1.55. The number of thiocarbonyl (C=S) groups is 1. The molecule has 0 spiro atoms. The Hall–Kier alpha value is -1.06. The van der Waals surface area contributed by atoms with Gasteiger partial charge in [-0.1, -0.05) is 5.21 Å². The van der Waals surface area contributed by atoms with Crippen LogP contribution in [0.4, 0.5) is 0 Å². The van der Waals surface area contributed by atoms with Gasteiger partial charge in [0.05, 0.1) is 17.9 Å². The Bertz CT molecular complexity index is 237. The summed E-state index contributed by atoms with van der Waals surface area (Å²) in [4.78, 5) is 3.77. The molecule has 0 unspecified atom stereocenters. The zero-order chi connectivity index (χ0) is 7.94. The van der Waals surface area contributed by atoms with Crippen LogP contribution in [0.15, 0.2) is 17.4 Å². The second kappa shape index (κ2) is 4.71. The molecule has 0 aliphatic heterocycles. The third-order valence-electron chi connectivity index (χ3n) is 1.19. The average Bonchev–Trinajstić information content (AvgIpc) is 2.50. The predicted octanol–water partition coefficient (Wildman–Crippen LogP) is 0.771. The molecule has 0 saturated heterocycles. The topological polar surface area (TPSA) is 43.1 Å². The molecule has 0 saturated carbocycles. The lowest BCUT2D eigenvalue weighted by Crippen LogP contribution is -1.99. The molecule has 0 aliphatic carbocycles. The Morgan fingerprint density at radius 3 is 3.18 bits per heavy atom. The molecule has 0 atom stereocenters. The summed E-state index contributed by atoms with van der Waals surface area (Å²) in [7, 11) is 0. The fraction of sp³-hybridized carbons (Fsp3) is 0.500. The monoisotopic (exact) mass is 168 g/mol. The van der Waals surface area contributed by atoms with Crippen molar-refractivity contribution in [3.05, 3.63) is 12.4 Å². The number of nitrogens with zero attached hydrogens (tertiary/aromatic N) is 4. The number of aliphatic imine (C=N–C) groups is 1. The normalized spacial score (nSPS) is 9.09. The molecule has 0 aromatic carbocycles. The van der Waals surface area contributed by atoms with E-state index in [1.165, 1.54) is 0 Å². The lowest BCUT2D eigenvalue weighted by molar-refractivity contribution is 0.565. The Labute approximate surface area is 69.9 Å². The molecule has 0 bridgehead atoms. The molecule has 1 rings (SSSR count). The number of hydrogen-bond acceptors (Lipinski definition) is 4. The minimum absolute atomic E-state index is 0.712. The number of isothiocyanates is 1. The first-order valence-electron chi connectivity index (χ1n) is 3.31. The van der Waals surface area contributed by atoms with Crippen LogP contribution >= 0.6 is 12.2 Å². The summed E-state index contributed by atoms with van der Waals surface area (Å²) in [6.07, 6.45) is 4.40. The van der Waals surface area contributed by atoms with Crippen LogP contribution in [0.1, 0.15) is 6.42 Å². The van der Waals surface area contributed by atoms with Crippen molar-refractivity contribution in [3.63, 3.8) is 0 Å². The summed E-state index contributed by atoms with van der Waals surface area (Å²) >= 11 is 4.41. The minimum atomic E-state index is 0.712. The molecule has 1 aromatic rings. The highest BCUT2D eigenvalue weighted by Crippen LogP contribution is 1.86. The van der Waals surface area contributed by atoms with Gasteiger partial charge in [-0.15, -0.1) is 5.10 Å². The molecule has 0 aliphatic rings. The second-order valence-electron chi connectivity index (χ2n) is 1.99. The maximum absolute atomic E-state index is 4.41. The number of aryl methyl sites for hydroxylation is 1. The maximum atomic E-state index is 4.41. The summed E-state index contributed by atoms with van der Waals surface area (Å²) in [5.41, 5.74) is 0. The van der Waals surface area contributed by atoms with Crippen LogP contribution in [0, 0.1) is 0 Å². The van der Waals surface area contributed by atoms with Gasteiger partial charge >= 0.3 is 0 Å². The van der Waals surface area contributed by atoms with Crippen LogP contribution < -0.4 is 0 Å². The van der Waals surface area contributed by atoms with E-state index in [0.29, 0.717) is 6.54 Å². The molecular formula is C6H8N4S. The van der Waals surface area contributed by atoms with Gasteiger partial charge in [-0.05, 0) is 18.6 Å². The average molecular weight is 168 g/mol. The van der Waals surface area contributed by atoms with E-state index < -0.39 is 0 Å². The van der Waals surface area contributed by atoms with Crippen LogP contribution in [0.5, 0.6) is 0 Å². The van der Waals surface area contributed by atoms with Crippen LogP contribution in [0.2, 0.25) is 0 Å². The summed E-state index contributed by atoms with van der Waals surface area (Å²) in [6, 6.07) is 0. The fourth-order valence-corrected chi connectivity index (χ4v) is 0.801. The van der Waals surface area contributed by atoms with E-state index in [2.05, 4.69) is 32.7 Å². The van der Waals surface area contributed by atoms with Crippen molar-refractivity contribution >= 4 is 17.4 Å². The van der Waals surface area contributed by atoms with Gasteiger partial charge in [0.25, 0.3) is 0 Å². The Morgan fingerprint density at radius 2 is 2.55 bits per heavy atom. The molecule has 1 heterocycles. The molecule has 0 fully saturated rings. The third-order valence-corrected chi connectivity index (χ3v) is 1.32. The fourth-order valence-electron chi connectivity index (χ4n) is 0.709. The highest BCUT2D eigenvalue weighted by Gasteiger charge is 1.88. The van der Waals surface area contributed by atoms with Crippen LogP contribution in [0.25, 0.3) is 0 Å². The molecule has 1 aromatic heterocycles. The Kier molecular flexibility index (Phi) is 3.44. The van der Waals surface area contributed by atoms with Gasteiger partial charge in [-0.2, -0.15) is 0 Å². The van der Waals surface area contributed by atoms with Gasteiger partial charge in [0, 0.05) is 12.7 Å². The lowest BCUT2D eigenvalue weighted by Gasteiger charge is -1.94. The standard InChI is InChI=1S/C6H8N4S/c11-6-7-2-1-4-10-5-3-8-9-10/h3,5H,1-2,4H2. The van der Waals surface area contributed by atoms with Gasteiger partial charge in [0.15, 0.2) is 0 Å². The van der Waals surface area contributed by atoms with Gasteiger partial charge in [-0.3, -0.25) is 4.68 Å². The quantitative estimate of drug-likeness (QED) is 0.379. The van der Waals surface area contributed by atoms with Crippen LogP contribution in [-0.2, 0) is 6.54 Å². The highest BCUT2D eigenvalue weighted by atomic mass is 32.1. The van der Waals surface area contributed by atoms with Gasteiger partial charge in [0.2, 0.25) is 0 Å². The van der Waals surface area contributed by atoms with E-state index in [-0.39, 0.29) is 0 Å². The Morgan fingerprint density at radius 1 is 1.64 bits per heavy atom. The van der Waals surface area contributed by atoms with Crippen LogP contribution in [0.3, 0.4) is 0 Å². The summed E-state index contributed by atoms with van der Waals surface area (Å²) in [5, 5.41) is 9.77. The van der Waals surface area contributed by atoms with E-state index in [4.69, 9.17) is 0 Å². The number of rotatable bonds is 4. The lowest BCUT2D eigenvalue weighted by atomic mass is 10.4. The predicted molar refractivity (Wildman–Crippen MR) is 44.5 cm³/mol. The van der Waals surface area contributed by atoms with Gasteiger partial charge in [-0.25, -0.2) is 4.99 Å². The Balaban J connectivity index is 2.18. The van der Waals surface area contributed by atoms with E-state index in [1.807, 2.05) is 6.20 Å². The number of hydrogen-bond donors (Lipinski definition) is 0. The smallest absolute Gasteiger partial charge is 0.0692 e. The largest absolute Gasteiger partial charge is 0.253 e. The van der Waals surface area contributed by atoms with Gasteiger partial charge < -0.3 is 0 Å². The third kappa shape index (κ3) is 3.02. The van der Waals surface area contributed by atoms with E-state index >= 15 is 0 Å².